The zero-order valence-electron chi connectivity index (χ0n) is 10.4. The van der Waals surface area contributed by atoms with Crippen molar-refractivity contribution in [1.82, 2.24) is 0 Å². The molecular formula is C12H15BrFNO3S. The molecular weight excluding hydrogens is 337 g/mol. The van der Waals surface area contributed by atoms with Crippen molar-refractivity contribution in [3.05, 3.63) is 28.0 Å². The van der Waals surface area contributed by atoms with E-state index in [1.807, 2.05) is 0 Å². The van der Waals surface area contributed by atoms with Gasteiger partial charge in [0.2, 0.25) is 10.0 Å². The van der Waals surface area contributed by atoms with E-state index in [-0.39, 0.29) is 5.69 Å². The molecule has 2 rings (SSSR count). The van der Waals surface area contributed by atoms with Crippen LogP contribution < -0.4 is 4.72 Å². The highest BCUT2D eigenvalue weighted by molar-refractivity contribution is 9.10. The highest BCUT2D eigenvalue weighted by atomic mass is 79.9. The topological polar surface area (TPSA) is 55.4 Å². The number of rotatable bonds is 3. The Hall–Kier alpha value is -0.660. The molecule has 0 aliphatic carbocycles. The van der Waals surface area contributed by atoms with Crippen molar-refractivity contribution < 1.29 is 17.5 Å². The van der Waals surface area contributed by atoms with E-state index in [2.05, 4.69) is 20.7 Å². The first-order chi connectivity index (χ1) is 8.90. The van der Waals surface area contributed by atoms with Gasteiger partial charge in [-0.3, -0.25) is 4.72 Å². The molecule has 7 heteroatoms. The second-order valence-corrected chi connectivity index (χ2v) is 7.36. The second-order valence-electron chi connectivity index (χ2n) is 4.54. The number of hydrogen-bond donors (Lipinski definition) is 1. The monoisotopic (exact) mass is 351 g/mol. The molecule has 1 aromatic rings. The van der Waals surface area contributed by atoms with Gasteiger partial charge in [-0.15, -0.1) is 0 Å². The molecule has 19 heavy (non-hydrogen) atoms. The Kier molecular flexibility index (Phi) is 4.47. The van der Waals surface area contributed by atoms with Crippen LogP contribution in [0.2, 0.25) is 0 Å². The second kappa shape index (κ2) is 5.76. The maximum absolute atomic E-state index is 13.5. The molecule has 106 valence electrons. The molecule has 1 saturated heterocycles. The summed E-state index contributed by atoms with van der Waals surface area (Å²) in [7, 11) is -3.50. The number of nitrogens with one attached hydrogen (secondary N) is 1. The van der Waals surface area contributed by atoms with Crippen LogP contribution in [0.4, 0.5) is 10.1 Å². The predicted molar refractivity (Wildman–Crippen MR) is 75.2 cm³/mol. The van der Waals surface area contributed by atoms with Crippen LogP contribution in [0.3, 0.4) is 0 Å². The summed E-state index contributed by atoms with van der Waals surface area (Å²) in [6.07, 6.45) is 0.931. The van der Waals surface area contributed by atoms with Crippen molar-refractivity contribution in [2.45, 2.75) is 25.0 Å². The fraction of sp³-hybridized carbons (Fsp3) is 0.500. The minimum absolute atomic E-state index is 0.284. The van der Waals surface area contributed by atoms with Crippen molar-refractivity contribution in [2.75, 3.05) is 17.9 Å². The number of sulfonamides is 1. The number of aryl methyl sites for hydroxylation is 1. The summed E-state index contributed by atoms with van der Waals surface area (Å²) >= 11 is 3.07. The average Bonchev–Trinajstić information content (AvgIpc) is 2.37. The molecule has 1 aliphatic heterocycles. The van der Waals surface area contributed by atoms with Gasteiger partial charge >= 0.3 is 0 Å². The van der Waals surface area contributed by atoms with Gasteiger partial charge in [-0.05, 0) is 53.4 Å². The molecule has 1 N–H and O–H groups in total. The molecule has 1 heterocycles. The molecule has 0 bridgehead atoms. The third kappa shape index (κ3) is 3.46. The Balaban J connectivity index is 2.22. The van der Waals surface area contributed by atoms with Crippen LogP contribution in [-0.4, -0.2) is 26.9 Å². The van der Waals surface area contributed by atoms with E-state index in [0.717, 1.165) is 0 Å². The van der Waals surface area contributed by atoms with E-state index in [0.29, 0.717) is 36.1 Å². The van der Waals surface area contributed by atoms with E-state index < -0.39 is 21.1 Å². The van der Waals surface area contributed by atoms with Gasteiger partial charge < -0.3 is 4.74 Å². The molecule has 0 unspecified atom stereocenters. The van der Waals surface area contributed by atoms with Gasteiger partial charge in [-0.25, -0.2) is 12.8 Å². The lowest BCUT2D eigenvalue weighted by atomic mass is 10.2. The van der Waals surface area contributed by atoms with Crippen LogP contribution in [0.15, 0.2) is 16.6 Å². The maximum Gasteiger partial charge on any atom is 0.235 e. The minimum atomic E-state index is -3.50. The quantitative estimate of drug-likeness (QED) is 0.910. The lowest BCUT2D eigenvalue weighted by molar-refractivity contribution is 0.0984. The van der Waals surface area contributed by atoms with Crippen molar-refractivity contribution >= 4 is 31.6 Å². The Labute approximate surface area is 120 Å². The highest BCUT2D eigenvalue weighted by Gasteiger charge is 2.28. The SMILES string of the molecule is Cc1cc(Br)c(F)cc1NS(=O)(=O)C1CCOCC1. The van der Waals surface area contributed by atoms with E-state index in [9.17, 15) is 12.8 Å². The van der Waals surface area contributed by atoms with E-state index >= 15 is 0 Å². The number of anilines is 1. The van der Waals surface area contributed by atoms with Gasteiger partial charge in [0, 0.05) is 13.2 Å². The Bertz CT molecular complexity index is 571. The third-order valence-electron chi connectivity index (χ3n) is 3.13. The van der Waals surface area contributed by atoms with Gasteiger partial charge in [0.1, 0.15) is 5.82 Å². The van der Waals surface area contributed by atoms with Crippen LogP contribution in [0.25, 0.3) is 0 Å². The van der Waals surface area contributed by atoms with Gasteiger partial charge in [0.25, 0.3) is 0 Å². The van der Waals surface area contributed by atoms with Crippen molar-refractivity contribution in [1.29, 1.82) is 0 Å². The van der Waals surface area contributed by atoms with E-state index in [1.54, 1.807) is 13.0 Å². The van der Waals surface area contributed by atoms with Gasteiger partial charge in [-0.2, -0.15) is 0 Å². The fourth-order valence-electron chi connectivity index (χ4n) is 1.98. The molecule has 0 amide bonds. The lowest BCUT2D eigenvalue weighted by Crippen LogP contribution is -2.33. The zero-order valence-corrected chi connectivity index (χ0v) is 12.9. The first-order valence-electron chi connectivity index (χ1n) is 5.95. The predicted octanol–water partition coefficient (Wildman–Crippen LogP) is 2.82. The van der Waals surface area contributed by atoms with Gasteiger partial charge in [0.15, 0.2) is 0 Å². The maximum atomic E-state index is 13.5. The summed E-state index contributed by atoms with van der Waals surface area (Å²) in [6, 6.07) is 2.74. The average molecular weight is 352 g/mol. The summed E-state index contributed by atoms with van der Waals surface area (Å²) in [5, 5.41) is -0.479. The van der Waals surface area contributed by atoms with E-state index in [1.165, 1.54) is 6.07 Å². The molecule has 4 nitrogen and oxygen atoms in total. The first kappa shape index (κ1) is 14.7. The first-order valence-corrected chi connectivity index (χ1v) is 8.29. The van der Waals surface area contributed by atoms with Crippen LogP contribution in [-0.2, 0) is 14.8 Å². The molecule has 0 saturated carbocycles. The Morgan fingerprint density at radius 1 is 1.37 bits per heavy atom. The third-order valence-corrected chi connectivity index (χ3v) is 5.59. The largest absolute Gasteiger partial charge is 0.381 e. The summed E-state index contributed by atoms with van der Waals surface area (Å²) in [5.74, 6) is -0.490. The van der Waals surface area contributed by atoms with Gasteiger partial charge in [-0.1, -0.05) is 0 Å². The Morgan fingerprint density at radius 2 is 2.00 bits per heavy atom. The standard InChI is InChI=1S/C12H15BrFNO3S/c1-8-6-10(13)11(14)7-12(8)15-19(16,17)9-2-4-18-5-3-9/h6-7,9,15H,2-5H2,1H3. The molecule has 1 aliphatic rings. The smallest absolute Gasteiger partial charge is 0.235 e. The summed E-state index contributed by atoms with van der Waals surface area (Å²) in [4.78, 5) is 0. The summed E-state index contributed by atoms with van der Waals surface area (Å²) in [6.45, 7) is 2.62. The molecule has 0 radical (unpaired) electrons. The highest BCUT2D eigenvalue weighted by Crippen LogP contribution is 2.26. The normalized spacial score (nSPS) is 17.4. The minimum Gasteiger partial charge on any atom is -0.381 e. The number of hydrogen-bond acceptors (Lipinski definition) is 3. The van der Waals surface area contributed by atoms with E-state index in [4.69, 9.17) is 4.74 Å². The van der Waals surface area contributed by atoms with Crippen LogP contribution >= 0.6 is 15.9 Å². The fourth-order valence-corrected chi connectivity index (χ4v) is 3.94. The zero-order chi connectivity index (χ0) is 14.0. The van der Waals surface area contributed by atoms with Crippen LogP contribution in [0.1, 0.15) is 18.4 Å². The number of benzene rings is 1. The van der Waals surface area contributed by atoms with Gasteiger partial charge in [0.05, 0.1) is 15.4 Å². The van der Waals surface area contributed by atoms with Crippen molar-refractivity contribution in [3.8, 4) is 0 Å². The molecule has 1 aromatic carbocycles. The molecule has 0 spiro atoms. The molecule has 0 atom stereocenters. The number of ether oxygens (including phenoxy) is 1. The lowest BCUT2D eigenvalue weighted by Gasteiger charge is -2.23. The summed E-state index contributed by atoms with van der Waals surface area (Å²) < 4.78 is 45.8. The molecule has 0 aromatic heterocycles. The molecule has 1 fully saturated rings. The number of halogens is 2. The summed E-state index contributed by atoms with van der Waals surface area (Å²) in [5.41, 5.74) is 0.955. The van der Waals surface area contributed by atoms with Crippen molar-refractivity contribution in [2.24, 2.45) is 0 Å². The van der Waals surface area contributed by atoms with Crippen LogP contribution in [0.5, 0.6) is 0 Å². The van der Waals surface area contributed by atoms with Crippen LogP contribution in [0, 0.1) is 12.7 Å². The Morgan fingerprint density at radius 3 is 2.63 bits per heavy atom. The van der Waals surface area contributed by atoms with Crippen molar-refractivity contribution in [3.63, 3.8) is 0 Å².